The molecule has 0 aliphatic carbocycles. The van der Waals surface area contributed by atoms with E-state index in [-0.39, 0.29) is 5.56 Å². The maximum Gasteiger partial charge on any atom is 0.277 e. The highest BCUT2D eigenvalue weighted by atomic mass is 79.9. The van der Waals surface area contributed by atoms with Crippen LogP contribution in [0.5, 0.6) is 0 Å². The second-order valence-corrected chi connectivity index (χ2v) is 5.73. The van der Waals surface area contributed by atoms with Crippen LogP contribution in [-0.4, -0.2) is 25.3 Å². The highest BCUT2D eigenvalue weighted by Gasteiger charge is 2.18. The Balaban J connectivity index is 3.00. The fourth-order valence-electron chi connectivity index (χ4n) is 1.54. The average Bonchev–Trinajstić information content (AvgIpc) is 2.26. The standard InChI is InChI=1S/C10H10BrN3O2S/c1-5-12-8-6(9(13-5)17(3)16)4-7(11)14(2)10(8)15/h4H,1-3H3. The quantitative estimate of drug-likeness (QED) is 0.449. The summed E-state index contributed by atoms with van der Waals surface area (Å²) in [5, 5.41) is 0.928. The Morgan fingerprint density at radius 2 is 2.12 bits per heavy atom. The molecule has 2 rings (SSSR count). The van der Waals surface area contributed by atoms with Crippen molar-refractivity contribution in [3.05, 3.63) is 26.8 Å². The summed E-state index contributed by atoms with van der Waals surface area (Å²) in [6, 6.07) is 1.72. The van der Waals surface area contributed by atoms with Crippen LogP contribution in [0.1, 0.15) is 5.82 Å². The van der Waals surface area contributed by atoms with Crippen molar-refractivity contribution in [2.75, 3.05) is 6.26 Å². The van der Waals surface area contributed by atoms with Gasteiger partial charge < -0.3 is 9.12 Å². The first-order chi connectivity index (χ1) is 7.91. The number of fused-ring (bicyclic) bond motifs is 1. The van der Waals surface area contributed by atoms with Crippen LogP contribution in [0.3, 0.4) is 0 Å². The monoisotopic (exact) mass is 315 g/mol. The summed E-state index contributed by atoms with van der Waals surface area (Å²) in [7, 11) is 1.64. The zero-order valence-electron chi connectivity index (χ0n) is 9.52. The zero-order valence-corrected chi connectivity index (χ0v) is 11.9. The lowest BCUT2D eigenvalue weighted by Gasteiger charge is -2.09. The van der Waals surface area contributed by atoms with Crippen LogP contribution in [0, 0.1) is 6.92 Å². The molecule has 90 valence electrons. The van der Waals surface area contributed by atoms with Crippen LogP contribution < -0.4 is 5.56 Å². The van der Waals surface area contributed by atoms with Crippen molar-refractivity contribution in [2.24, 2.45) is 7.05 Å². The molecule has 0 aromatic carbocycles. The largest absolute Gasteiger partial charge is 0.610 e. The van der Waals surface area contributed by atoms with Crippen LogP contribution in [0.4, 0.5) is 0 Å². The number of aromatic nitrogens is 3. The maximum atomic E-state index is 12.0. The lowest BCUT2D eigenvalue weighted by atomic mass is 10.3. The lowest BCUT2D eigenvalue weighted by Crippen LogP contribution is -2.20. The van der Waals surface area contributed by atoms with E-state index in [1.54, 1.807) is 20.0 Å². The van der Waals surface area contributed by atoms with Crippen LogP contribution in [-0.2, 0) is 18.2 Å². The Kier molecular flexibility index (Phi) is 3.24. The highest BCUT2D eigenvalue weighted by molar-refractivity contribution is 9.10. The molecule has 2 heterocycles. The SMILES string of the molecule is Cc1nc([S+](C)[O-])c2cc(Br)n(C)c(=O)c2n1. The van der Waals surface area contributed by atoms with Gasteiger partial charge in [0, 0.05) is 18.2 Å². The number of rotatable bonds is 1. The van der Waals surface area contributed by atoms with Gasteiger partial charge in [-0.05, 0) is 28.9 Å². The van der Waals surface area contributed by atoms with Gasteiger partial charge in [0.25, 0.3) is 10.6 Å². The molecular formula is C10H10BrN3O2S. The summed E-state index contributed by atoms with van der Waals surface area (Å²) in [5.41, 5.74) is 0.0694. The van der Waals surface area contributed by atoms with Gasteiger partial charge in [0.15, 0.2) is 0 Å². The fourth-order valence-corrected chi connectivity index (χ4v) is 2.66. The normalized spacial score (nSPS) is 13.0. The Hall–Kier alpha value is -0.920. The predicted octanol–water partition coefficient (Wildman–Crippen LogP) is 1.14. The van der Waals surface area contributed by atoms with E-state index in [1.165, 1.54) is 10.8 Å². The lowest BCUT2D eigenvalue weighted by molar-refractivity contribution is 0.597. The van der Waals surface area contributed by atoms with Gasteiger partial charge in [-0.25, -0.2) is 4.98 Å². The summed E-state index contributed by atoms with van der Waals surface area (Å²) in [6.45, 7) is 1.68. The maximum absolute atomic E-state index is 12.0. The molecule has 0 saturated heterocycles. The van der Waals surface area contributed by atoms with E-state index in [0.29, 0.717) is 26.4 Å². The molecule has 5 nitrogen and oxygen atoms in total. The smallest absolute Gasteiger partial charge is 0.277 e. The third-order valence-electron chi connectivity index (χ3n) is 2.39. The van der Waals surface area contributed by atoms with Gasteiger partial charge in [-0.2, -0.15) is 4.98 Å². The van der Waals surface area contributed by atoms with E-state index < -0.39 is 11.2 Å². The van der Waals surface area contributed by atoms with Gasteiger partial charge in [0.1, 0.15) is 17.6 Å². The molecule has 2 aromatic rings. The van der Waals surface area contributed by atoms with E-state index in [2.05, 4.69) is 25.9 Å². The highest BCUT2D eigenvalue weighted by Crippen LogP contribution is 2.21. The van der Waals surface area contributed by atoms with Crippen LogP contribution >= 0.6 is 15.9 Å². The van der Waals surface area contributed by atoms with E-state index >= 15 is 0 Å². The molecule has 1 unspecified atom stereocenters. The van der Waals surface area contributed by atoms with Crippen molar-refractivity contribution in [3.63, 3.8) is 0 Å². The first-order valence-corrected chi connectivity index (χ1v) is 7.14. The molecule has 0 bridgehead atoms. The van der Waals surface area contributed by atoms with Crippen molar-refractivity contribution < 1.29 is 4.55 Å². The van der Waals surface area contributed by atoms with Gasteiger partial charge in [-0.3, -0.25) is 4.79 Å². The number of halogens is 1. The molecule has 17 heavy (non-hydrogen) atoms. The topological polar surface area (TPSA) is 70.8 Å². The summed E-state index contributed by atoms with van der Waals surface area (Å²) in [5.74, 6) is 0.446. The molecule has 0 aliphatic heterocycles. The summed E-state index contributed by atoms with van der Waals surface area (Å²) >= 11 is 2.02. The second-order valence-electron chi connectivity index (χ2n) is 3.62. The van der Waals surface area contributed by atoms with Gasteiger partial charge in [-0.15, -0.1) is 0 Å². The first-order valence-electron chi connectivity index (χ1n) is 4.79. The van der Waals surface area contributed by atoms with E-state index in [0.717, 1.165) is 0 Å². The number of nitrogens with zero attached hydrogens (tertiary/aromatic N) is 3. The number of pyridine rings is 1. The Morgan fingerprint density at radius 3 is 2.71 bits per heavy atom. The van der Waals surface area contributed by atoms with Gasteiger partial charge >= 0.3 is 0 Å². The minimum absolute atomic E-state index is 0.230. The van der Waals surface area contributed by atoms with Crippen LogP contribution in [0.2, 0.25) is 0 Å². The molecule has 0 aliphatic rings. The fraction of sp³-hybridized carbons (Fsp3) is 0.300. The average molecular weight is 316 g/mol. The molecule has 2 aromatic heterocycles. The molecule has 7 heteroatoms. The minimum atomic E-state index is -1.26. The van der Waals surface area contributed by atoms with Crippen LogP contribution in [0.15, 0.2) is 20.5 Å². The summed E-state index contributed by atoms with van der Waals surface area (Å²) in [4.78, 5) is 20.3. The van der Waals surface area contributed by atoms with Gasteiger partial charge in [0.2, 0.25) is 0 Å². The summed E-state index contributed by atoms with van der Waals surface area (Å²) < 4.78 is 13.7. The zero-order chi connectivity index (χ0) is 12.7. The second kappa shape index (κ2) is 4.40. The Bertz CT molecular complexity index is 654. The Labute approximate surface area is 109 Å². The number of aryl methyl sites for hydroxylation is 1. The first kappa shape index (κ1) is 12.5. The third kappa shape index (κ3) is 2.10. The summed E-state index contributed by atoms with van der Waals surface area (Å²) in [6.07, 6.45) is 1.53. The predicted molar refractivity (Wildman–Crippen MR) is 69.5 cm³/mol. The van der Waals surface area contributed by atoms with Crippen molar-refractivity contribution in [1.29, 1.82) is 0 Å². The molecule has 0 amide bonds. The number of hydrogen-bond donors (Lipinski definition) is 0. The van der Waals surface area contributed by atoms with Gasteiger partial charge in [-0.1, -0.05) is 0 Å². The Morgan fingerprint density at radius 1 is 1.47 bits per heavy atom. The molecule has 0 spiro atoms. The molecule has 0 saturated carbocycles. The number of hydrogen-bond acceptors (Lipinski definition) is 4. The van der Waals surface area contributed by atoms with E-state index in [4.69, 9.17) is 0 Å². The van der Waals surface area contributed by atoms with Crippen molar-refractivity contribution in [3.8, 4) is 0 Å². The van der Waals surface area contributed by atoms with Crippen molar-refractivity contribution in [2.45, 2.75) is 11.9 Å². The van der Waals surface area contributed by atoms with Crippen LogP contribution in [0.25, 0.3) is 10.9 Å². The molecular weight excluding hydrogens is 306 g/mol. The molecule has 0 N–H and O–H groups in total. The molecule has 0 radical (unpaired) electrons. The van der Waals surface area contributed by atoms with E-state index in [1.807, 2.05) is 0 Å². The molecule has 1 atom stereocenters. The van der Waals surface area contributed by atoms with Crippen molar-refractivity contribution in [1.82, 2.24) is 14.5 Å². The third-order valence-corrected chi connectivity index (χ3v) is 4.00. The van der Waals surface area contributed by atoms with Gasteiger partial charge in [0.05, 0.1) is 9.99 Å². The van der Waals surface area contributed by atoms with Crippen molar-refractivity contribution >= 4 is 38.0 Å². The van der Waals surface area contributed by atoms with E-state index in [9.17, 15) is 9.35 Å². The molecule has 0 fully saturated rings. The minimum Gasteiger partial charge on any atom is -0.610 e.